The summed E-state index contributed by atoms with van der Waals surface area (Å²) in [5.41, 5.74) is 3.21. The number of imidazole rings is 1. The van der Waals surface area contributed by atoms with Crippen molar-refractivity contribution in [1.29, 1.82) is 0 Å². The van der Waals surface area contributed by atoms with Crippen LogP contribution in [0.15, 0.2) is 52.3 Å². The van der Waals surface area contributed by atoms with Crippen molar-refractivity contribution >= 4 is 11.8 Å². The highest BCUT2D eigenvalue weighted by Gasteiger charge is 2.21. The van der Waals surface area contributed by atoms with Gasteiger partial charge in [-0.25, -0.2) is 4.98 Å². The minimum Gasteiger partial charge on any atom is -0.376 e. The van der Waals surface area contributed by atoms with Crippen molar-refractivity contribution < 1.29 is 9.26 Å². The molecule has 1 aliphatic rings. The van der Waals surface area contributed by atoms with E-state index in [4.69, 9.17) is 9.26 Å². The van der Waals surface area contributed by atoms with Crippen molar-refractivity contribution in [3.05, 3.63) is 54.0 Å². The standard InChI is InChI=1S/C19H21N3O2S/c1-14-10-17(24-21-14)13-25-19-20-11-18(15-6-3-2-4-7-15)22(19)12-16-8-5-9-23-16/h2-4,6-7,10-11,16H,5,8-9,12-13H2,1H3. The van der Waals surface area contributed by atoms with Crippen molar-refractivity contribution in [2.75, 3.05) is 6.61 Å². The van der Waals surface area contributed by atoms with Gasteiger partial charge in [-0.1, -0.05) is 47.3 Å². The van der Waals surface area contributed by atoms with Gasteiger partial charge < -0.3 is 13.8 Å². The van der Waals surface area contributed by atoms with E-state index in [-0.39, 0.29) is 6.10 Å². The Balaban J connectivity index is 1.59. The average Bonchev–Trinajstić information content (AvgIpc) is 3.36. The Hall–Kier alpha value is -2.05. The van der Waals surface area contributed by atoms with E-state index in [0.29, 0.717) is 0 Å². The molecule has 5 nitrogen and oxygen atoms in total. The second-order valence-electron chi connectivity index (χ2n) is 6.26. The van der Waals surface area contributed by atoms with Crippen LogP contribution < -0.4 is 0 Å². The first-order chi connectivity index (χ1) is 12.3. The highest BCUT2D eigenvalue weighted by Crippen LogP contribution is 2.30. The molecular weight excluding hydrogens is 334 g/mol. The predicted octanol–water partition coefficient (Wildman–Crippen LogP) is 4.32. The van der Waals surface area contributed by atoms with E-state index in [1.54, 1.807) is 11.8 Å². The monoisotopic (exact) mass is 355 g/mol. The molecule has 6 heteroatoms. The normalized spacial score (nSPS) is 17.2. The molecular formula is C19H21N3O2S. The summed E-state index contributed by atoms with van der Waals surface area (Å²) in [6.45, 7) is 3.63. The van der Waals surface area contributed by atoms with E-state index in [2.05, 4.69) is 39.0 Å². The Bertz CT molecular complexity index is 822. The molecule has 1 atom stereocenters. The zero-order chi connectivity index (χ0) is 17.1. The maximum Gasteiger partial charge on any atom is 0.168 e. The van der Waals surface area contributed by atoms with E-state index in [9.17, 15) is 0 Å². The lowest BCUT2D eigenvalue weighted by atomic mass is 10.1. The van der Waals surface area contributed by atoms with Gasteiger partial charge in [0.1, 0.15) is 5.76 Å². The summed E-state index contributed by atoms with van der Waals surface area (Å²) >= 11 is 1.67. The minimum absolute atomic E-state index is 0.267. The molecule has 2 aromatic heterocycles. The summed E-state index contributed by atoms with van der Waals surface area (Å²) in [6, 6.07) is 12.4. The average molecular weight is 355 g/mol. The first-order valence-corrected chi connectivity index (χ1v) is 9.56. The number of benzene rings is 1. The summed E-state index contributed by atoms with van der Waals surface area (Å²) in [5, 5.41) is 4.94. The van der Waals surface area contributed by atoms with E-state index in [1.807, 2.05) is 25.3 Å². The molecule has 1 saturated heterocycles. The molecule has 4 rings (SSSR count). The zero-order valence-electron chi connectivity index (χ0n) is 14.2. The highest BCUT2D eigenvalue weighted by molar-refractivity contribution is 7.98. The summed E-state index contributed by atoms with van der Waals surface area (Å²) in [4.78, 5) is 4.66. The fourth-order valence-corrected chi connectivity index (χ4v) is 3.97. The predicted molar refractivity (Wildman–Crippen MR) is 97.4 cm³/mol. The van der Waals surface area contributed by atoms with Crippen molar-refractivity contribution in [3.63, 3.8) is 0 Å². The third kappa shape index (κ3) is 3.80. The van der Waals surface area contributed by atoms with Crippen LogP contribution in [-0.2, 0) is 17.0 Å². The Morgan fingerprint density at radius 3 is 2.88 bits per heavy atom. The SMILES string of the molecule is Cc1cc(CSc2ncc(-c3ccccc3)n2CC2CCCO2)on1. The van der Waals surface area contributed by atoms with Gasteiger partial charge in [0.05, 0.1) is 36.0 Å². The molecule has 1 unspecified atom stereocenters. The molecule has 25 heavy (non-hydrogen) atoms. The Labute approximate surface area is 151 Å². The van der Waals surface area contributed by atoms with Crippen molar-refractivity contribution in [1.82, 2.24) is 14.7 Å². The Morgan fingerprint density at radius 1 is 1.28 bits per heavy atom. The highest BCUT2D eigenvalue weighted by atomic mass is 32.2. The van der Waals surface area contributed by atoms with E-state index >= 15 is 0 Å². The summed E-state index contributed by atoms with van der Waals surface area (Å²) < 4.78 is 13.4. The number of ether oxygens (including phenoxy) is 1. The minimum atomic E-state index is 0.267. The first-order valence-electron chi connectivity index (χ1n) is 8.57. The third-order valence-electron chi connectivity index (χ3n) is 4.32. The molecule has 1 aliphatic heterocycles. The molecule has 0 saturated carbocycles. The fraction of sp³-hybridized carbons (Fsp3) is 0.368. The Kier molecular flexibility index (Phi) is 4.90. The summed E-state index contributed by atoms with van der Waals surface area (Å²) in [6.07, 6.45) is 4.47. The van der Waals surface area contributed by atoms with Crippen molar-refractivity contribution in [2.24, 2.45) is 0 Å². The van der Waals surface area contributed by atoms with Crippen LogP contribution in [0.1, 0.15) is 24.3 Å². The number of hydrogen-bond donors (Lipinski definition) is 0. The number of aromatic nitrogens is 3. The van der Waals surface area contributed by atoms with Gasteiger partial charge in [-0.15, -0.1) is 0 Å². The lowest BCUT2D eigenvalue weighted by Gasteiger charge is -2.16. The molecule has 0 spiro atoms. The quantitative estimate of drug-likeness (QED) is 0.617. The van der Waals surface area contributed by atoms with E-state index < -0.39 is 0 Å². The van der Waals surface area contributed by atoms with E-state index in [1.165, 1.54) is 5.56 Å². The summed E-state index contributed by atoms with van der Waals surface area (Å²) in [7, 11) is 0. The first kappa shape index (κ1) is 16.4. The molecule has 3 aromatic rings. The molecule has 1 fully saturated rings. The molecule has 3 heterocycles. The lowest BCUT2D eigenvalue weighted by molar-refractivity contribution is 0.0954. The van der Waals surface area contributed by atoms with Gasteiger partial charge in [0.25, 0.3) is 0 Å². The van der Waals surface area contributed by atoms with Crippen LogP contribution in [0.5, 0.6) is 0 Å². The topological polar surface area (TPSA) is 53.1 Å². The van der Waals surface area contributed by atoms with Gasteiger partial charge >= 0.3 is 0 Å². The van der Waals surface area contributed by atoms with Crippen molar-refractivity contribution in [2.45, 2.75) is 43.3 Å². The van der Waals surface area contributed by atoms with Crippen LogP contribution in [-0.4, -0.2) is 27.4 Å². The fourth-order valence-electron chi connectivity index (χ4n) is 3.10. The number of thioether (sulfide) groups is 1. The molecule has 0 N–H and O–H groups in total. The molecule has 0 amide bonds. The third-order valence-corrected chi connectivity index (χ3v) is 5.33. The number of aryl methyl sites for hydroxylation is 1. The van der Waals surface area contributed by atoms with Crippen LogP contribution in [0, 0.1) is 6.92 Å². The summed E-state index contributed by atoms with van der Waals surface area (Å²) in [5.74, 6) is 1.59. The van der Waals surface area contributed by atoms with Crippen LogP contribution >= 0.6 is 11.8 Å². The van der Waals surface area contributed by atoms with Crippen molar-refractivity contribution in [3.8, 4) is 11.3 Å². The maximum atomic E-state index is 5.85. The second-order valence-corrected chi connectivity index (χ2v) is 7.20. The van der Waals surface area contributed by atoms with Gasteiger partial charge in [-0.3, -0.25) is 0 Å². The van der Waals surface area contributed by atoms with Gasteiger partial charge in [0, 0.05) is 12.7 Å². The number of nitrogens with zero attached hydrogens (tertiary/aromatic N) is 3. The van der Waals surface area contributed by atoms with Gasteiger partial charge in [-0.05, 0) is 25.3 Å². The van der Waals surface area contributed by atoms with Crippen LogP contribution in [0.25, 0.3) is 11.3 Å². The van der Waals surface area contributed by atoms with Crippen LogP contribution in [0.2, 0.25) is 0 Å². The largest absolute Gasteiger partial charge is 0.376 e. The number of rotatable bonds is 6. The lowest BCUT2D eigenvalue weighted by Crippen LogP contribution is -2.16. The van der Waals surface area contributed by atoms with E-state index in [0.717, 1.165) is 54.1 Å². The van der Waals surface area contributed by atoms with Gasteiger partial charge in [-0.2, -0.15) is 0 Å². The molecule has 0 aliphatic carbocycles. The Morgan fingerprint density at radius 2 is 2.16 bits per heavy atom. The smallest absolute Gasteiger partial charge is 0.168 e. The van der Waals surface area contributed by atoms with Crippen LogP contribution in [0.3, 0.4) is 0 Å². The molecule has 130 valence electrons. The molecule has 0 bridgehead atoms. The second kappa shape index (κ2) is 7.45. The number of hydrogen-bond acceptors (Lipinski definition) is 5. The molecule has 1 aromatic carbocycles. The van der Waals surface area contributed by atoms with Gasteiger partial charge in [0.15, 0.2) is 5.16 Å². The van der Waals surface area contributed by atoms with Crippen LogP contribution in [0.4, 0.5) is 0 Å². The zero-order valence-corrected chi connectivity index (χ0v) is 15.0. The van der Waals surface area contributed by atoms with Gasteiger partial charge in [0.2, 0.25) is 0 Å². The molecule has 0 radical (unpaired) electrons. The maximum absolute atomic E-state index is 5.85.